The van der Waals surface area contributed by atoms with Gasteiger partial charge in [-0.3, -0.25) is 9.55 Å². The number of nitrogens with one attached hydrogen (secondary N) is 1. The number of benzene rings is 1. The summed E-state index contributed by atoms with van der Waals surface area (Å²) in [6.45, 7) is 1.30. The first kappa shape index (κ1) is 9.76. The zero-order chi connectivity index (χ0) is 9.68. The maximum atomic E-state index is 10.4. The topological polar surface area (TPSA) is 58.6 Å². The second-order valence-corrected chi connectivity index (χ2v) is 2.54. The van der Waals surface area contributed by atoms with E-state index in [9.17, 15) is 9.82 Å². The molecule has 13 heavy (non-hydrogen) atoms. The summed E-state index contributed by atoms with van der Waals surface area (Å²) in [5, 5.41) is 9.33. The number of hydrogen-bond acceptors (Lipinski definition) is 3. The number of hydroxylamine groups is 1. The first-order valence-corrected chi connectivity index (χ1v) is 3.85. The normalized spacial score (nSPS) is 9.38. The average molecular weight is 179 g/mol. The first-order valence-electron chi connectivity index (χ1n) is 3.85. The molecule has 0 atom stereocenters. The fourth-order valence-electron chi connectivity index (χ4n) is 0.825. The third kappa shape index (κ3) is 3.27. The fraction of sp³-hybridized carbons (Fsp3) is 0.125. The molecule has 0 saturated heterocycles. The van der Waals surface area contributed by atoms with Gasteiger partial charge in [-0.1, -0.05) is 30.3 Å². The minimum absolute atomic E-state index is 0.352. The lowest BCUT2D eigenvalue weighted by atomic mass is 9.80. The molecule has 1 aromatic rings. The summed E-state index contributed by atoms with van der Waals surface area (Å²) >= 11 is 0. The van der Waals surface area contributed by atoms with E-state index in [1.165, 1.54) is 6.92 Å². The minimum Gasteiger partial charge on any atom is -0.422 e. The lowest BCUT2D eigenvalue weighted by Crippen LogP contribution is -2.39. The molecule has 68 valence electrons. The van der Waals surface area contributed by atoms with Crippen molar-refractivity contribution in [3.8, 4) is 0 Å². The molecular weight excluding hydrogens is 169 g/mol. The van der Waals surface area contributed by atoms with Crippen LogP contribution in [-0.2, 0) is 9.55 Å². The standard InChI is InChI=1S/C8H10BNO3/c1-7(11)10-13-9(12)8-5-3-2-4-6-8/h2-6,12H,1H3,(H,10,11). The van der Waals surface area contributed by atoms with Crippen molar-refractivity contribution in [1.29, 1.82) is 0 Å². The van der Waals surface area contributed by atoms with Crippen LogP contribution >= 0.6 is 0 Å². The third-order valence-electron chi connectivity index (χ3n) is 1.40. The number of amides is 1. The average Bonchev–Trinajstić information content (AvgIpc) is 2.15. The SMILES string of the molecule is CC(=O)NOB(O)c1ccccc1. The van der Waals surface area contributed by atoms with Crippen molar-refractivity contribution in [2.24, 2.45) is 0 Å². The second kappa shape index (κ2) is 4.64. The van der Waals surface area contributed by atoms with E-state index in [-0.39, 0.29) is 5.91 Å². The molecule has 0 unspecified atom stereocenters. The summed E-state index contributed by atoms with van der Waals surface area (Å²) in [4.78, 5) is 10.4. The van der Waals surface area contributed by atoms with E-state index >= 15 is 0 Å². The quantitative estimate of drug-likeness (QED) is 0.483. The molecule has 0 aliphatic heterocycles. The number of rotatable bonds is 3. The van der Waals surface area contributed by atoms with E-state index in [4.69, 9.17) is 0 Å². The van der Waals surface area contributed by atoms with Gasteiger partial charge >= 0.3 is 7.12 Å². The van der Waals surface area contributed by atoms with E-state index in [0.717, 1.165) is 0 Å². The van der Waals surface area contributed by atoms with Crippen molar-refractivity contribution < 1.29 is 14.6 Å². The highest BCUT2D eigenvalue weighted by Gasteiger charge is 2.16. The molecule has 0 fully saturated rings. The molecule has 1 aromatic carbocycles. The monoisotopic (exact) mass is 179 g/mol. The summed E-state index contributed by atoms with van der Waals surface area (Å²) < 4.78 is 4.65. The molecule has 0 aliphatic rings. The molecule has 4 nitrogen and oxygen atoms in total. The summed E-state index contributed by atoms with van der Waals surface area (Å²) in [6, 6.07) is 8.78. The molecule has 0 bridgehead atoms. The van der Waals surface area contributed by atoms with Gasteiger partial charge in [0.05, 0.1) is 0 Å². The van der Waals surface area contributed by atoms with Gasteiger partial charge in [0, 0.05) is 6.92 Å². The Kier molecular flexibility index (Phi) is 3.48. The second-order valence-electron chi connectivity index (χ2n) is 2.54. The molecule has 0 radical (unpaired) electrons. The summed E-state index contributed by atoms with van der Waals surface area (Å²) in [5.41, 5.74) is 2.65. The van der Waals surface area contributed by atoms with Crippen LogP contribution in [0.1, 0.15) is 6.92 Å². The van der Waals surface area contributed by atoms with Crippen molar-refractivity contribution in [3.05, 3.63) is 30.3 Å². The number of carbonyl (C=O) groups is 1. The molecule has 0 aromatic heterocycles. The van der Waals surface area contributed by atoms with Crippen LogP contribution in [0, 0.1) is 0 Å². The van der Waals surface area contributed by atoms with Crippen molar-refractivity contribution in [2.45, 2.75) is 6.92 Å². The number of carbonyl (C=O) groups excluding carboxylic acids is 1. The molecule has 5 heteroatoms. The Labute approximate surface area is 76.6 Å². The van der Waals surface area contributed by atoms with Gasteiger partial charge in [-0.2, -0.15) is 0 Å². The van der Waals surface area contributed by atoms with Gasteiger partial charge in [0.2, 0.25) is 5.91 Å². The molecule has 0 saturated carbocycles. The van der Waals surface area contributed by atoms with Crippen molar-refractivity contribution in [1.82, 2.24) is 5.48 Å². The predicted molar refractivity (Wildman–Crippen MR) is 49.0 cm³/mol. The van der Waals surface area contributed by atoms with E-state index in [1.807, 2.05) is 6.07 Å². The summed E-state index contributed by atoms with van der Waals surface area (Å²) in [5.74, 6) is -0.352. The van der Waals surface area contributed by atoms with Gasteiger partial charge in [0.25, 0.3) is 0 Å². The fourth-order valence-corrected chi connectivity index (χ4v) is 0.825. The highest BCUT2D eigenvalue weighted by Crippen LogP contribution is 1.85. The van der Waals surface area contributed by atoms with E-state index in [2.05, 4.69) is 10.2 Å². The van der Waals surface area contributed by atoms with Crippen LogP contribution < -0.4 is 10.9 Å². The van der Waals surface area contributed by atoms with Gasteiger partial charge < -0.3 is 5.02 Å². The highest BCUT2D eigenvalue weighted by atomic mass is 16.7. The Morgan fingerprint density at radius 2 is 2.08 bits per heavy atom. The minimum atomic E-state index is -1.12. The smallest absolute Gasteiger partial charge is 0.422 e. The Balaban J connectivity index is 2.49. The zero-order valence-corrected chi connectivity index (χ0v) is 7.23. The van der Waals surface area contributed by atoms with Crippen LogP contribution in [0.2, 0.25) is 0 Å². The predicted octanol–water partition coefficient (Wildman–Crippen LogP) is -0.558. The van der Waals surface area contributed by atoms with Crippen LogP contribution in [0.5, 0.6) is 0 Å². The van der Waals surface area contributed by atoms with Crippen LogP contribution in [0.15, 0.2) is 30.3 Å². The highest BCUT2D eigenvalue weighted by molar-refractivity contribution is 6.59. The lowest BCUT2D eigenvalue weighted by Gasteiger charge is -2.06. The van der Waals surface area contributed by atoms with Gasteiger partial charge in [-0.05, 0) is 5.46 Å². The first-order chi connectivity index (χ1) is 6.20. The largest absolute Gasteiger partial charge is 0.514 e. The summed E-state index contributed by atoms with van der Waals surface area (Å²) in [6.07, 6.45) is 0. The zero-order valence-electron chi connectivity index (χ0n) is 7.23. The van der Waals surface area contributed by atoms with Crippen molar-refractivity contribution in [3.63, 3.8) is 0 Å². The Morgan fingerprint density at radius 1 is 1.46 bits per heavy atom. The Morgan fingerprint density at radius 3 is 2.62 bits per heavy atom. The van der Waals surface area contributed by atoms with Gasteiger partial charge in [0.1, 0.15) is 0 Å². The molecule has 1 rings (SSSR count). The van der Waals surface area contributed by atoms with E-state index in [1.54, 1.807) is 24.3 Å². The molecular formula is C8H10BNO3. The van der Waals surface area contributed by atoms with Gasteiger partial charge in [-0.15, -0.1) is 0 Å². The molecule has 1 amide bonds. The van der Waals surface area contributed by atoms with Gasteiger partial charge in [-0.25, -0.2) is 5.48 Å². The van der Waals surface area contributed by atoms with Crippen LogP contribution in [0.25, 0.3) is 0 Å². The molecule has 0 aliphatic carbocycles. The molecule has 0 heterocycles. The Bertz CT molecular complexity index is 278. The lowest BCUT2D eigenvalue weighted by molar-refractivity contribution is -0.126. The summed E-state index contributed by atoms with van der Waals surface area (Å²) in [7, 11) is -1.12. The Hall–Kier alpha value is -1.33. The van der Waals surface area contributed by atoms with Crippen molar-refractivity contribution >= 4 is 18.5 Å². The van der Waals surface area contributed by atoms with E-state index in [0.29, 0.717) is 5.46 Å². The maximum Gasteiger partial charge on any atom is 0.514 e. The van der Waals surface area contributed by atoms with E-state index < -0.39 is 7.12 Å². The van der Waals surface area contributed by atoms with Gasteiger partial charge in [0.15, 0.2) is 0 Å². The molecule has 2 N–H and O–H groups in total. The molecule has 0 spiro atoms. The van der Waals surface area contributed by atoms with Crippen molar-refractivity contribution in [2.75, 3.05) is 0 Å². The maximum absolute atomic E-state index is 10.4. The number of hydrogen-bond donors (Lipinski definition) is 2. The van der Waals surface area contributed by atoms with Crippen LogP contribution in [-0.4, -0.2) is 18.0 Å². The third-order valence-corrected chi connectivity index (χ3v) is 1.40. The van der Waals surface area contributed by atoms with Crippen LogP contribution in [0.3, 0.4) is 0 Å². The van der Waals surface area contributed by atoms with Crippen LogP contribution in [0.4, 0.5) is 0 Å².